The van der Waals surface area contributed by atoms with Crippen LogP contribution in [0.1, 0.15) is 44.2 Å². The van der Waals surface area contributed by atoms with Gasteiger partial charge in [-0.2, -0.15) is 4.98 Å². The monoisotopic (exact) mass is 261 g/mol. The molecule has 1 aromatic rings. The Labute approximate surface area is 114 Å². The van der Waals surface area contributed by atoms with Crippen LogP contribution in [-0.2, 0) is 0 Å². The Morgan fingerprint density at radius 3 is 2.63 bits per heavy atom. The Bertz CT molecular complexity index is 461. The van der Waals surface area contributed by atoms with E-state index in [4.69, 9.17) is 5.73 Å². The van der Waals surface area contributed by atoms with E-state index in [0.29, 0.717) is 11.9 Å². The van der Waals surface area contributed by atoms with Crippen LogP contribution in [0.3, 0.4) is 0 Å². The lowest BCUT2D eigenvalue weighted by Crippen LogP contribution is -2.67. The molecule has 1 aliphatic heterocycles. The second-order valence-electron chi connectivity index (χ2n) is 6.16. The van der Waals surface area contributed by atoms with Crippen molar-refractivity contribution in [3.05, 3.63) is 11.8 Å². The molecule has 2 aliphatic rings. The van der Waals surface area contributed by atoms with Crippen molar-refractivity contribution in [2.45, 2.75) is 44.1 Å². The first-order valence-corrected chi connectivity index (χ1v) is 7.18. The number of nitrogens with one attached hydrogen (secondary N) is 1. The Morgan fingerprint density at radius 1 is 1.32 bits per heavy atom. The van der Waals surface area contributed by atoms with Crippen molar-refractivity contribution in [1.29, 1.82) is 0 Å². The molecular weight excluding hydrogens is 238 g/mol. The number of hydrogen-bond acceptors (Lipinski definition) is 5. The van der Waals surface area contributed by atoms with E-state index in [9.17, 15) is 0 Å². The van der Waals surface area contributed by atoms with Crippen LogP contribution in [-0.4, -0.2) is 35.6 Å². The van der Waals surface area contributed by atoms with Crippen LogP contribution in [0.15, 0.2) is 6.07 Å². The molecule has 0 spiro atoms. The normalized spacial score (nSPS) is 22.5. The Balaban J connectivity index is 1.79. The molecule has 0 bridgehead atoms. The zero-order valence-electron chi connectivity index (χ0n) is 11.8. The van der Waals surface area contributed by atoms with E-state index in [1.54, 1.807) is 0 Å². The first-order chi connectivity index (χ1) is 9.09. The van der Waals surface area contributed by atoms with E-state index in [2.05, 4.69) is 33.2 Å². The van der Waals surface area contributed by atoms with Gasteiger partial charge in [-0.05, 0) is 26.8 Å². The van der Waals surface area contributed by atoms with Gasteiger partial charge >= 0.3 is 0 Å². The van der Waals surface area contributed by atoms with Crippen molar-refractivity contribution in [3.8, 4) is 0 Å². The molecule has 1 saturated carbocycles. The van der Waals surface area contributed by atoms with Crippen LogP contribution >= 0.6 is 0 Å². The van der Waals surface area contributed by atoms with Crippen LogP contribution < -0.4 is 16.0 Å². The Kier molecular flexibility index (Phi) is 3.09. The third-order valence-electron chi connectivity index (χ3n) is 4.53. The molecule has 1 aromatic heterocycles. The van der Waals surface area contributed by atoms with E-state index in [0.717, 1.165) is 24.6 Å². The van der Waals surface area contributed by atoms with Gasteiger partial charge in [0.05, 0.1) is 11.2 Å². The number of nitrogens with zero attached hydrogens (tertiary/aromatic N) is 3. The van der Waals surface area contributed by atoms with Gasteiger partial charge in [0.15, 0.2) is 0 Å². The fourth-order valence-electron chi connectivity index (χ4n) is 3.18. The summed E-state index contributed by atoms with van der Waals surface area (Å²) in [5.74, 6) is 1.99. The molecule has 1 saturated heterocycles. The van der Waals surface area contributed by atoms with Crippen molar-refractivity contribution in [2.75, 3.05) is 30.8 Å². The van der Waals surface area contributed by atoms with Crippen molar-refractivity contribution in [3.63, 3.8) is 0 Å². The molecule has 0 radical (unpaired) electrons. The lowest BCUT2D eigenvalue weighted by molar-refractivity contribution is 0.301. The van der Waals surface area contributed by atoms with Gasteiger partial charge < -0.3 is 16.0 Å². The quantitative estimate of drug-likeness (QED) is 0.863. The third kappa shape index (κ3) is 2.39. The van der Waals surface area contributed by atoms with Crippen molar-refractivity contribution < 1.29 is 0 Å². The molecule has 104 valence electrons. The topological polar surface area (TPSA) is 67.1 Å². The lowest BCUT2D eigenvalue weighted by Gasteiger charge is -2.48. The highest BCUT2D eigenvalue weighted by atomic mass is 15.3. The molecule has 2 heterocycles. The number of anilines is 2. The van der Waals surface area contributed by atoms with Gasteiger partial charge in [-0.25, -0.2) is 4.98 Å². The van der Waals surface area contributed by atoms with Crippen LogP contribution in [0.25, 0.3) is 0 Å². The standard InChI is InChI=1S/C14H23N5/c1-14(16-2)8-19(9-14)12-7-11(17-13(15)18-12)10-5-3-4-6-10/h7,10,16H,3-6,8-9H2,1-2H3,(H2,15,17,18). The first kappa shape index (κ1) is 12.7. The molecule has 1 aliphatic carbocycles. The predicted octanol–water partition coefficient (Wildman–Crippen LogP) is 1.51. The average molecular weight is 261 g/mol. The summed E-state index contributed by atoms with van der Waals surface area (Å²) in [7, 11) is 2.01. The smallest absolute Gasteiger partial charge is 0.222 e. The summed E-state index contributed by atoms with van der Waals surface area (Å²) in [5, 5.41) is 3.35. The number of aromatic nitrogens is 2. The van der Waals surface area contributed by atoms with Gasteiger partial charge in [0.25, 0.3) is 0 Å². The van der Waals surface area contributed by atoms with Gasteiger partial charge in [-0.1, -0.05) is 12.8 Å². The second kappa shape index (κ2) is 4.63. The van der Waals surface area contributed by atoms with E-state index in [-0.39, 0.29) is 5.54 Å². The van der Waals surface area contributed by atoms with E-state index in [1.807, 2.05) is 7.05 Å². The average Bonchev–Trinajstić information content (AvgIpc) is 2.88. The van der Waals surface area contributed by atoms with Gasteiger partial charge in [0.2, 0.25) is 5.95 Å². The molecule has 5 nitrogen and oxygen atoms in total. The maximum absolute atomic E-state index is 5.88. The number of nitrogens with two attached hydrogens (primary N) is 1. The summed E-state index contributed by atoms with van der Waals surface area (Å²) in [6, 6.07) is 2.14. The summed E-state index contributed by atoms with van der Waals surface area (Å²) < 4.78 is 0. The largest absolute Gasteiger partial charge is 0.368 e. The molecule has 0 amide bonds. The fraction of sp³-hybridized carbons (Fsp3) is 0.714. The van der Waals surface area contributed by atoms with Crippen molar-refractivity contribution >= 4 is 11.8 Å². The number of hydrogen-bond donors (Lipinski definition) is 2. The van der Waals surface area contributed by atoms with Crippen LogP contribution in [0.5, 0.6) is 0 Å². The molecule has 0 aromatic carbocycles. The zero-order chi connectivity index (χ0) is 13.5. The number of rotatable bonds is 3. The summed E-state index contributed by atoms with van der Waals surface area (Å²) in [6.45, 7) is 4.18. The van der Waals surface area contributed by atoms with Gasteiger partial charge in [0, 0.05) is 25.1 Å². The predicted molar refractivity (Wildman–Crippen MR) is 77.3 cm³/mol. The van der Waals surface area contributed by atoms with E-state index >= 15 is 0 Å². The summed E-state index contributed by atoms with van der Waals surface area (Å²) in [5.41, 5.74) is 7.22. The highest BCUT2D eigenvalue weighted by Crippen LogP contribution is 2.35. The van der Waals surface area contributed by atoms with Crippen LogP contribution in [0, 0.1) is 0 Å². The van der Waals surface area contributed by atoms with Gasteiger partial charge in [-0.15, -0.1) is 0 Å². The summed E-state index contributed by atoms with van der Waals surface area (Å²) in [6.07, 6.45) is 5.10. The molecule has 5 heteroatoms. The molecule has 0 unspecified atom stereocenters. The van der Waals surface area contributed by atoms with Crippen LogP contribution in [0.2, 0.25) is 0 Å². The van der Waals surface area contributed by atoms with E-state index in [1.165, 1.54) is 25.7 Å². The van der Waals surface area contributed by atoms with Gasteiger partial charge in [-0.3, -0.25) is 0 Å². The second-order valence-corrected chi connectivity index (χ2v) is 6.16. The lowest BCUT2D eigenvalue weighted by atomic mass is 9.92. The van der Waals surface area contributed by atoms with Crippen molar-refractivity contribution in [1.82, 2.24) is 15.3 Å². The minimum atomic E-state index is 0.202. The molecule has 3 N–H and O–H groups in total. The van der Waals surface area contributed by atoms with Gasteiger partial charge in [0.1, 0.15) is 5.82 Å². The maximum Gasteiger partial charge on any atom is 0.222 e. The minimum absolute atomic E-state index is 0.202. The molecule has 2 fully saturated rings. The third-order valence-corrected chi connectivity index (χ3v) is 4.53. The fourth-order valence-corrected chi connectivity index (χ4v) is 3.18. The molecular formula is C14H23N5. The first-order valence-electron chi connectivity index (χ1n) is 7.18. The summed E-state index contributed by atoms with van der Waals surface area (Å²) >= 11 is 0. The Morgan fingerprint density at radius 2 is 2.00 bits per heavy atom. The number of nitrogen functional groups attached to an aromatic ring is 1. The molecule has 19 heavy (non-hydrogen) atoms. The SMILES string of the molecule is CNC1(C)CN(c2cc(C3CCCC3)nc(N)n2)C1. The maximum atomic E-state index is 5.88. The summed E-state index contributed by atoms with van der Waals surface area (Å²) in [4.78, 5) is 11.1. The number of likely N-dealkylation sites (N-methyl/N-ethyl adjacent to an activating group) is 1. The molecule has 0 atom stereocenters. The van der Waals surface area contributed by atoms with Crippen molar-refractivity contribution in [2.24, 2.45) is 0 Å². The highest BCUT2D eigenvalue weighted by Gasteiger charge is 2.38. The molecule has 3 rings (SSSR count). The van der Waals surface area contributed by atoms with Crippen LogP contribution in [0.4, 0.5) is 11.8 Å². The Hall–Kier alpha value is -1.36. The zero-order valence-corrected chi connectivity index (χ0v) is 11.8. The highest BCUT2D eigenvalue weighted by molar-refractivity contribution is 5.48. The minimum Gasteiger partial charge on any atom is -0.368 e. The van der Waals surface area contributed by atoms with E-state index < -0.39 is 0 Å².